The first-order valence-electron chi connectivity index (χ1n) is 8.09. The molecule has 0 spiro atoms. The minimum Gasteiger partial charge on any atom is -0.481 e. The van der Waals surface area contributed by atoms with Gasteiger partial charge in [-0.15, -0.1) is 0 Å². The Morgan fingerprint density at radius 1 is 1.08 bits per heavy atom. The normalized spacial score (nSPS) is 28.0. The summed E-state index contributed by atoms with van der Waals surface area (Å²) in [6, 6.07) is 9.91. The molecule has 1 heterocycles. The van der Waals surface area contributed by atoms with Gasteiger partial charge < -0.3 is 10.4 Å². The first-order chi connectivity index (χ1) is 11.5. The molecule has 6 heteroatoms. The van der Waals surface area contributed by atoms with Crippen LogP contribution in [0.25, 0.3) is 10.4 Å². The highest BCUT2D eigenvalue weighted by molar-refractivity contribution is 7.19. The van der Waals surface area contributed by atoms with Gasteiger partial charge in [-0.2, -0.15) is 0 Å². The number of aliphatic carboxylic acids is 1. The molecule has 1 amide bonds. The zero-order chi connectivity index (χ0) is 16.8. The molecule has 2 aliphatic carbocycles. The summed E-state index contributed by atoms with van der Waals surface area (Å²) >= 11 is 1.44. The van der Waals surface area contributed by atoms with Crippen LogP contribution in [0, 0.1) is 10.8 Å². The highest BCUT2D eigenvalue weighted by atomic mass is 32.1. The smallest absolute Gasteiger partial charge is 0.309 e. The van der Waals surface area contributed by atoms with Crippen LogP contribution in [0.2, 0.25) is 0 Å². The quantitative estimate of drug-likeness (QED) is 0.886. The van der Waals surface area contributed by atoms with Gasteiger partial charge in [-0.1, -0.05) is 41.7 Å². The van der Waals surface area contributed by atoms with E-state index in [2.05, 4.69) is 10.3 Å². The molecule has 5 nitrogen and oxygen atoms in total. The highest BCUT2D eigenvalue weighted by Gasteiger charge is 2.61. The Morgan fingerprint density at radius 3 is 2.38 bits per heavy atom. The second-order valence-electron chi connectivity index (χ2n) is 6.89. The highest BCUT2D eigenvalue weighted by Crippen LogP contribution is 2.62. The summed E-state index contributed by atoms with van der Waals surface area (Å²) in [7, 11) is 0. The lowest BCUT2D eigenvalue weighted by Crippen LogP contribution is -2.32. The van der Waals surface area contributed by atoms with E-state index in [-0.39, 0.29) is 5.91 Å². The molecule has 1 aromatic carbocycles. The summed E-state index contributed by atoms with van der Waals surface area (Å²) in [5.74, 6) is -0.827. The monoisotopic (exact) mass is 342 g/mol. The Labute approximate surface area is 143 Å². The van der Waals surface area contributed by atoms with Gasteiger partial charge in [0.15, 0.2) is 5.13 Å². The van der Waals surface area contributed by atoms with E-state index < -0.39 is 16.8 Å². The lowest BCUT2D eigenvalue weighted by Gasteiger charge is -2.24. The predicted octanol–water partition coefficient (Wildman–Crippen LogP) is 3.78. The minimum atomic E-state index is -0.754. The molecule has 2 saturated carbocycles. The van der Waals surface area contributed by atoms with Crippen LogP contribution in [0.1, 0.15) is 32.1 Å². The average molecular weight is 342 g/mol. The van der Waals surface area contributed by atoms with Gasteiger partial charge in [0.25, 0.3) is 0 Å². The largest absolute Gasteiger partial charge is 0.481 e. The van der Waals surface area contributed by atoms with Crippen molar-refractivity contribution in [1.29, 1.82) is 0 Å². The SMILES string of the molecule is O=C(O)C12CCC(C(=O)Nc3ncc(-c4ccccc4)s3)(CC1)C2. The summed E-state index contributed by atoms with van der Waals surface area (Å²) < 4.78 is 0. The number of fused-ring (bicyclic) bond motifs is 2. The number of hydrogen-bond donors (Lipinski definition) is 2. The van der Waals surface area contributed by atoms with Crippen molar-refractivity contribution in [3.63, 3.8) is 0 Å². The number of carboxylic acid groups (broad SMARTS) is 1. The van der Waals surface area contributed by atoms with Crippen molar-refractivity contribution in [2.45, 2.75) is 32.1 Å². The average Bonchev–Trinajstić information content (AvgIpc) is 3.30. The number of amides is 1. The molecule has 24 heavy (non-hydrogen) atoms. The summed E-state index contributed by atoms with van der Waals surface area (Å²) in [4.78, 5) is 29.6. The number of thiazole rings is 1. The van der Waals surface area contributed by atoms with Crippen molar-refractivity contribution in [1.82, 2.24) is 4.98 Å². The third-order valence-electron chi connectivity index (χ3n) is 5.56. The lowest BCUT2D eigenvalue weighted by molar-refractivity contribution is -0.148. The number of rotatable bonds is 4. The Bertz CT molecular complexity index is 792. The number of carbonyl (C=O) groups excluding carboxylic acids is 1. The van der Waals surface area contributed by atoms with Gasteiger partial charge in [0.1, 0.15) is 0 Å². The van der Waals surface area contributed by atoms with Crippen LogP contribution in [0.4, 0.5) is 5.13 Å². The second-order valence-corrected chi connectivity index (χ2v) is 7.92. The molecule has 2 N–H and O–H groups in total. The molecule has 2 aliphatic rings. The summed E-state index contributed by atoms with van der Waals surface area (Å²) in [5, 5.41) is 13.0. The van der Waals surface area contributed by atoms with E-state index in [0.717, 1.165) is 10.4 Å². The summed E-state index contributed by atoms with van der Waals surface area (Å²) in [6.07, 6.45) is 4.73. The number of nitrogens with one attached hydrogen (secondary N) is 1. The maximum atomic E-state index is 12.8. The Balaban J connectivity index is 1.50. The fourth-order valence-electron chi connectivity index (χ4n) is 4.10. The fraction of sp³-hybridized carbons (Fsp3) is 0.389. The van der Waals surface area contributed by atoms with E-state index in [1.807, 2.05) is 30.3 Å². The van der Waals surface area contributed by atoms with Crippen LogP contribution in [0.5, 0.6) is 0 Å². The Morgan fingerprint density at radius 2 is 1.75 bits per heavy atom. The second kappa shape index (κ2) is 5.41. The molecule has 1 aromatic heterocycles. The topological polar surface area (TPSA) is 79.3 Å². The maximum absolute atomic E-state index is 12.8. The standard InChI is InChI=1S/C18H18N2O3S/c21-14(17-6-8-18(11-17,9-7-17)15(22)23)20-16-19-10-13(24-16)12-4-2-1-3-5-12/h1-5,10H,6-9,11H2,(H,22,23)(H,19,20,21). The number of carbonyl (C=O) groups is 2. The minimum absolute atomic E-state index is 0.0721. The molecular formula is C18H18N2O3S. The molecule has 0 saturated heterocycles. The number of aromatic nitrogens is 1. The molecule has 0 radical (unpaired) electrons. The van der Waals surface area contributed by atoms with Gasteiger partial charge in [-0.25, -0.2) is 4.98 Å². The maximum Gasteiger partial charge on any atom is 0.309 e. The third kappa shape index (κ3) is 2.33. The van der Waals surface area contributed by atoms with Crippen LogP contribution >= 0.6 is 11.3 Å². The fourth-order valence-corrected chi connectivity index (χ4v) is 4.92. The first kappa shape index (κ1) is 15.3. The van der Waals surface area contributed by atoms with Crippen molar-refractivity contribution >= 4 is 28.3 Å². The number of anilines is 1. The Hall–Kier alpha value is -2.21. The van der Waals surface area contributed by atoms with Gasteiger partial charge in [-0.3, -0.25) is 9.59 Å². The number of benzene rings is 1. The van der Waals surface area contributed by atoms with Crippen LogP contribution < -0.4 is 5.32 Å². The van der Waals surface area contributed by atoms with E-state index >= 15 is 0 Å². The van der Waals surface area contributed by atoms with Gasteiger partial charge >= 0.3 is 5.97 Å². The molecular weight excluding hydrogens is 324 g/mol. The molecule has 0 unspecified atom stereocenters. The van der Waals surface area contributed by atoms with Crippen molar-refractivity contribution < 1.29 is 14.7 Å². The molecule has 0 atom stereocenters. The predicted molar refractivity (Wildman–Crippen MR) is 91.8 cm³/mol. The number of hydrogen-bond acceptors (Lipinski definition) is 4. The molecule has 124 valence electrons. The van der Waals surface area contributed by atoms with Crippen LogP contribution in [-0.4, -0.2) is 22.0 Å². The number of nitrogens with zero attached hydrogens (tertiary/aromatic N) is 1. The molecule has 2 aromatic rings. The van der Waals surface area contributed by atoms with E-state index in [1.54, 1.807) is 6.20 Å². The van der Waals surface area contributed by atoms with Crippen molar-refractivity contribution in [3.8, 4) is 10.4 Å². The van der Waals surface area contributed by atoms with Crippen molar-refractivity contribution in [2.75, 3.05) is 5.32 Å². The van der Waals surface area contributed by atoms with Gasteiger partial charge in [-0.05, 0) is 37.7 Å². The van der Waals surface area contributed by atoms with Crippen molar-refractivity contribution in [3.05, 3.63) is 36.5 Å². The number of carboxylic acids is 1. The summed E-state index contributed by atoms with van der Waals surface area (Å²) in [6.45, 7) is 0. The lowest BCUT2D eigenvalue weighted by atomic mass is 9.81. The molecule has 4 rings (SSSR count). The first-order valence-corrected chi connectivity index (χ1v) is 8.91. The van der Waals surface area contributed by atoms with Crippen LogP contribution in [0.3, 0.4) is 0 Å². The van der Waals surface area contributed by atoms with E-state index in [1.165, 1.54) is 11.3 Å². The Kier molecular flexibility index (Phi) is 3.46. The molecule has 0 aliphatic heterocycles. The van der Waals surface area contributed by atoms with Gasteiger partial charge in [0.2, 0.25) is 5.91 Å². The zero-order valence-corrected chi connectivity index (χ0v) is 13.9. The van der Waals surface area contributed by atoms with Gasteiger partial charge in [0.05, 0.1) is 15.7 Å². The molecule has 2 bridgehead atoms. The third-order valence-corrected chi connectivity index (χ3v) is 6.52. The van der Waals surface area contributed by atoms with E-state index in [4.69, 9.17) is 0 Å². The van der Waals surface area contributed by atoms with Crippen molar-refractivity contribution in [2.24, 2.45) is 10.8 Å². The summed E-state index contributed by atoms with van der Waals surface area (Å²) in [5.41, 5.74) is -0.146. The van der Waals surface area contributed by atoms with E-state index in [0.29, 0.717) is 37.2 Å². The zero-order valence-electron chi connectivity index (χ0n) is 13.1. The van der Waals surface area contributed by atoms with Crippen LogP contribution in [0.15, 0.2) is 36.5 Å². The van der Waals surface area contributed by atoms with E-state index in [9.17, 15) is 14.7 Å². The molecule has 2 fully saturated rings. The van der Waals surface area contributed by atoms with Gasteiger partial charge in [0, 0.05) is 6.20 Å². The van der Waals surface area contributed by atoms with Crippen LogP contribution in [-0.2, 0) is 9.59 Å².